The molecule has 2 aromatic rings. The van der Waals surface area contributed by atoms with Crippen LogP contribution in [0.25, 0.3) is 11.0 Å². The van der Waals surface area contributed by atoms with Crippen molar-refractivity contribution in [2.24, 2.45) is 0 Å². The number of hydrogen-bond donors (Lipinski definition) is 1. The Morgan fingerprint density at radius 1 is 1.50 bits per heavy atom. The standard InChI is InChI=1S/C15H16FN3O3/c1-3-22-15(21)9-7-17-13-10(12(9)20)8(2)11(16)14(18-13)19-5-4-6-19/h7H,3-6H2,1-2H3,(H,17,18,20). The predicted octanol–water partition coefficient (Wildman–Crippen LogP) is 1.76. The third kappa shape index (κ3) is 2.13. The normalized spacial score (nSPS) is 14.0. The van der Waals surface area contributed by atoms with Crippen LogP contribution in [0.5, 0.6) is 0 Å². The summed E-state index contributed by atoms with van der Waals surface area (Å²) in [5, 5.41) is 0.0901. The number of rotatable bonds is 3. The number of anilines is 1. The van der Waals surface area contributed by atoms with E-state index in [9.17, 15) is 14.0 Å². The van der Waals surface area contributed by atoms with Gasteiger partial charge in [0.05, 0.1) is 12.0 Å². The van der Waals surface area contributed by atoms with Gasteiger partial charge in [0.1, 0.15) is 11.2 Å². The Morgan fingerprint density at radius 3 is 2.82 bits per heavy atom. The highest BCUT2D eigenvalue weighted by molar-refractivity contribution is 5.94. The van der Waals surface area contributed by atoms with E-state index < -0.39 is 17.2 Å². The second kappa shape index (κ2) is 5.40. The largest absolute Gasteiger partial charge is 0.462 e. The number of fused-ring (bicyclic) bond motifs is 1. The lowest BCUT2D eigenvalue weighted by molar-refractivity contribution is 0.0524. The molecule has 0 bridgehead atoms. The molecule has 6 nitrogen and oxygen atoms in total. The van der Waals surface area contributed by atoms with Gasteiger partial charge in [0.15, 0.2) is 11.6 Å². The molecule has 2 aromatic heterocycles. The molecule has 0 unspecified atom stereocenters. The lowest BCUT2D eigenvalue weighted by Gasteiger charge is -2.32. The fourth-order valence-corrected chi connectivity index (χ4v) is 2.49. The van der Waals surface area contributed by atoms with Gasteiger partial charge < -0.3 is 14.6 Å². The first-order valence-electron chi connectivity index (χ1n) is 7.18. The summed E-state index contributed by atoms with van der Waals surface area (Å²) in [5.41, 5.74) is -0.236. The van der Waals surface area contributed by atoms with Gasteiger partial charge in [0.2, 0.25) is 5.43 Å². The summed E-state index contributed by atoms with van der Waals surface area (Å²) in [5.74, 6) is -0.994. The molecule has 0 amide bonds. The Balaban J connectivity index is 2.20. The Bertz CT molecular complexity index is 812. The Labute approximate surface area is 125 Å². The highest BCUT2D eigenvalue weighted by atomic mass is 19.1. The maximum atomic E-state index is 14.5. The molecule has 1 aliphatic rings. The minimum absolute atomic E-state index is 0.0901. The maximum Gasteiger partial charge on any atom is 0.343 e. The highest BCUT2D eigenvalue weighted by Gasteiger charge is 2.24. The molecule has 0 saturated carbocycles. The Kier molecular flexibility index (Phi) is 3.56. The van der Waals surface area contributed by atoms with Crippen molar-refractivity contribution in [3.05, 3.63) is 33.4 Å². The molecule has 0 radical (unpaired) electrons. The monoisotopic (exact) mass is 305 g/mol. The number of halogens is 1. The van der Waals surface area contributed by atoms with Gasteiger partial charge in [0.25, 0.3) is 0 Å². The smallest absolute Gasteiger partial charge is 0.343 e. The van der Waals surface area contributed by atoms with E-state index in [-0.39, 0.29) is 34.6 Å². The van der Waals surface area contributed by atoms with Crippen molar-refractivity contribution in [1.29, 1.82) is 0 Å². The quantitative estimate of drug-likeness (QED) is 0.875. The van der Waals surface area contributed by atoms with E-state index in [1.807, 2.05) is 4.90 Å². The first-order chi connectivity index (χ1) is 10.5. The van der Waals surface area contributed by atoms with Gasteiger partial charge in [-0.05, 0) is 20.3 Å². The number of hydrogen-bond acceptors (Lipinski definition) is 5. The van der Waals surface area contributed by atoms with Crippen LogP contribution in [0.1, 0.15) is 29.3 Å². The van der Waals surface area contributed by atoms with Crippen LogP contribution in [0, 0.1) is 12.7 Å². The number of aromatic nitrogens is 2. The summed E-state index contributed by atoms with van der Waals surface area (Å²) in [4.78, 5) is 33.0. The van der Waals surface area contributed by atoms with Gasteiger partial charge in [-0.1, -0.05) is 0 Å². The lowest BCUT2D eigenvalue weighted by atomic mass is 10.1. The summed E-state index contributed by atoms with van der Waals surface area (Å²) in [6.45, 7) is 4.83. The number of H-pyrrole nitrogens is 1. The minimum Gasteiger partial charge on any atom is -0.462 e. The van der Waals surface area contributed by atoms with Crippen LogP contribution in [0.15, 0.2) is 11.0 Å². The van der Waals surface area contributed by atoms with Crippen LogP contribution in [0.4, 0.5) is 10.2 Å². The van der Waals surface area contributed by atoms with Gasteiger partial charge in [-0.15, -0.1) is 0 Å². The summed E-state index contributed by atoms with van der Waals surface area (Å²) >= 11 is 0. The van der Waals surface area contributed by atoms with Crippen molar-refractivity contribution in [2.45, 2.75) is 20.3 Å². The molecule has 116 valence electrons. The van der Waals surface area contributed by atoms with E-state index in [1.165, 1.54) is 13.1 Å². The molecule has 0 aromatic carbocycles. The van der Waals surface area contributed by atoms with E-state index in [4.69, 9.17) is 4.74 Å². The van der Waals surface area contributed by atoms with Gasteiger partial charge in [-0.25, -0.2) is 14.2 Å². The van der Waals surface area contributed by atoms with Gasteiger partial charge in [-0.3, -0.25) is 4.79 Å². The van der Waals surface area contributed by atoms with Gasteiger partial charge in [-0.2, -0.15) is 0 Å². The molecule has 0 aliphatic carbocycles. The Hall–Kier alpha value is -2.44. The van der Waals surface area contributed by atoms with Crippen molar-refractivity contribution in [3.8, 4) is 0 Å². The number of esters is 1. The molecule has 3 rings (SSSR count). The predicted molar refractivity (Wildman–Crippen MR) is 79.8 cm³/mol. The topological polar surface area (TPSA) is 75.3 Å². The van der Waals surface area contributed by atoms with Crippen molar-refractivity contribution in [3.63, 3.8) is 0 Å². The first kappa shape index (κ1) is 14.5. The number of aryl methyl sites for hydroxylation is 1. The maximum absolute atomic E-state index is 14.5. The number of pyridine rings is 2. The molecule has 0 spiro atoms. The van der Waals surface area contributed by atoms with E-state index in [2.05, 4.69) is 9.97 Å². The fraction of sp³-hybridized carbons (Fsp3) is 0.400. The van der Waals surface area contributed by atoms with E-state index in [1.54, 1.807) is 6.92 Å². The average molecular weight is 305 g/mol. The van der Waals surface area contributed by atoms with Crippen molar-refractivity contribution < 1.29 is 13.9 Å². The SMILES string of the molecule is CCOC(=O)c1c[nH]c2nc(N3CCC3)c(F)c(C)c2c1=O. The molecule has 22 heavy (non-hydrogen) atoms. The minimum atomic E-state index is -0.725. The fourth-order valence-electron chi connectivity index (χ4n) is 2.49. The molecule has 0 atom stereocenters. The van der Waals surface area contributed by atoms with E-state index in [0.717, 1.165) is 19.5 Å². The third-order valence-corrected chi connectivity index (χ3v) is 3.83. The molecular formula is C15H16FN3O3. The summed E-state index contributed by atoms with van der Waals surface area (Å²) < 4.78 is 19.3. The van der Waals surface area contributed by atoms with Crippen LogP contribution < -0.4 is 10.3 Å². The molecule has 1 fully saturated rings. The zero-order valence-electron chi connectivity index (χ0n) is 12.4. The number of aromatic amines is 1. The van der Waals surface area contributed by atoms with Crippen LogP contribution in [-0.2, 0) is 4.74 Å². The van der Waals surface area contributed by atoms with E-state index >= 15 is 0 Å². The lowest BCUT2D eigenvalue weighted by Crippen LogP contribution is -2.38. The second-order valence-electron chi connectivity index (χ2n) is 5.19. The molecule has 1 N–H and O–H groups in total. The first-order valence-corrected chi connectivity index (χ1v) is 7.18. The zero-order valence-corrected chi connectivity index (χ0v) is 12.4. The van der Waals surface area contributed by atoms with Crippen LogP contribution in [-0.4, -0.2) is 35.6 Å². The third-order valence-electron chi connectivity index (χ3n) is 3.83. The number of carbonyl (C=O) groups excluding carboxylic acids is 1. The number of nitrogens with one attached hydrogen (secondary N) is 1. The van der Waals surface area contributed by atoms with E-state index in [0.29, 0.717) is 0 Å². The van der Waals surface area contributed by atoms with Crippen LogP contribution >= 0.6 is 0 Å². The molecule has 1 saturated heterocycles. The average Bonchev–Trinajstić information content (AvgIpc) is 2.42. The van der Waals surface area contributed by atoms with Crippen molar-refractivity contribution >= 4 is 22.8 Å². The summed E-state index contributed by atoms with van der Waals surface area (Å²) in [6, 6.07) is 0. The number of carbonyl (C=O) groups is 1. The molecule has 7 heteroatoms. The zero-order chi connectivity index (χ0) is 15.9. The summed E-state index contributed by atoms with van der Waals surface area (Å²) in [6.07, 6.45) is 2.27. The molecule has 3 heterocycles. The Morgan fingerprint density at radius 2 is 2.23 bits per heavy atom. The van der Waals surface area contributed by atoms with Crippen molar-refractivity contribution in [2.75, 3.05) is 24.6 Å². The van der Waals surface area contributed by atoms with Crippen molar-refractivity contribution in [1.82, 2.24) is 9.97 Å². The molecule has 1 aliphatic heterocycles. The van der Waals surface area contributed by atoms with Gasteiger partial charge in [0, 0.05) is 24.8 Å². The summed E-state index contributed by atoms with van der Waals surface area (Å²) in [7, 11) is 0. The van der Waals surface area contributed by atoms with Gasteiger partial charge >= 0.3 is 5.97 Å². The number of ether oxygens (including phenoxy) is 1. The number of nitrogens with zero attached hydrogens (tertiary/aromatic N) is 2. The van der Waals surface area contributed by atoms with Crippen LogP contribution in [0.2, 0.25) is 0 Å². The molecular weight excluding hydrogens is 289 g/mol. The second-order valence-corrected chi connectivity index (χ2v) is 5.19. The highest BCUT2D eigenvalue weighted by Crippen LogP contribution is 2.27. The van der Waals surface area contributed by atoms with Crippen LogP contribution in [0.3, 0.4) is 0 Å².